The Morgan fingerprint density at radius 3 is 2.62 bits per heavy atom. The smallest absolute Gasteiger partial charge is 0.161 e. The molecule has 0 amide bonds. The van der Waals surface area contributed by atoms with Crippen molar-refractivity contribution in [1.29, 1.82) is 0 Å². The number of rotatable bonds is 6. The zero-order valence-corrected chi connectivity index (χ0v) is 13.2. The third kappa shape index (κ3) is 4.46. The predicted octanol–water partition coefficient (Wildman–Crippen LogP) is 3.01. The monoisotopic (exact) mass is 291 g/mol. The summed E-state index contributed by atoms with van der Waals surface area (Å²) in [5, 5.41) is 0. The molecule has 1 aliphatic heterocycles. The Hall–Kier alpha value is -1.55. The average molecular weight is 291 g/mol. The number of ketones is 1. The first-order valence-corrected chi connectivity index (χ1v) is 7.64. The molecule has 0 saturated carbocycles. The van der Waals surface area contributed by atoms with Gasteiger partial charge in [-0.05, 0) is 57.0 Å². The van der Waals surface area contributed by atoms with Gasteiger partial charge in [0.2, 0.25) is 0 Å². The van der Waals surface area contributed by atoms with Gasteiger partial charge in [-0.15, -0.1) is 0 Å². The van der Waals surface area contributed by atoms with Gasteiger partial charge in [0.15, 0.2) is 17.3 Å². The van der Waals surface area contributed by atoms with Crippen molar-refractivity contribution in [3.8, 4) is 11.5 Å². The second-order valence-electron chi connectivity index (χ2n) is 5.79. The molecule has 1 aromatic rings. The first-order chi connectivity index (χ1) is 10.1. The van der Waals surface area contributed by atoms with E-state index in [0.717, 1.165) is 25.6 Å². The van der Waals surface area contributed by atoms with Crippen molar-refractivity contribution in [2.75, 3.05) is 33.4 Å². The van der Waals surface area contributed by atoms with Crippen molar-refractivity contribution in [3.63, 3.8) is 0 Å². The quantitative estimate of drug-likeness (QED) is 0.755. The van der Waals surface area contributed by atoms with Crippen LogP contribution in [0.2, 0.25) is 0 Å². The van der Waals surface area contributed by atoms with Crippen molar-refractivity contribution in [2.24, 2.45) is 5.92 Å². The zero-order valence-electron chi connectivity index (χ0n) is 13.2. The summed E-state index contributed by atoms with van der Waals surface area (Å²) in [6.45, 7) is 7.76. The van der Waals surface area contributed by atoms with Crippen LogP contribution in [-0.4, -0.2) is 44.0 Å². The normalized spacial score (nSPS) is 16.7. The average Bonchev–Trinajstić information content (AvgIpc) is 2.49. The van der Waals surface area contributed by atoms with Gasteiger partial charge in [0.05, 0.1) is 7.11 Å². The summed E-state index contributed by atoms with van der Waals surface area (Å²) in [4.78, 5) is 13.8. The number of carbonyl (C=O) groups excluding carboxylic acids is 1. The molecular weight excluding hydrogens is 266 g/mol. The van der Waals surface area contributed by atoms with E-state index in [-0.39, 0.29) is 5.78 Å². The Labute approximate surface area is 127 Å². The highest BCUT2D eigenvalue weighted by Gasteiger charge is 2.15. The highest BCUT2D eigenvalue weighted by atomic mass is 16.5. The number of likely N-dealkylation sites (tertiary alicyclic amines) is 1. The lowest BCUT2D eigenvalue weighted by atomic mass is 9.99. The Bertz CT molecular complexity index is 479. The van der Waals surface area contributed by atoms with Crippen LogP contribution in [0, 0.1) is 5.92 Å². The first kappa shape index (κ1) is 15.8. The van der Waals surface area contributed by atoms with Gasteiger partial charge >= 0.3 is 0 Å². The van der Waals surface area contributed by atoms with E-state index in [1.165, 1.54) is 12.8 Å². The van der Waals surface area contributed by atoms with Crippen molar-refractivity contribution in [2.45, 2.75) is 26.7 Å². The summed E-state index contributed by atoms with van der Waals surface area (Å²) in [5.41, 5.74) is 0.643. The number of piperidine rings is 1. The minimum absolute atomic E-state index is 0.0299. The lowest BCUT2D eigenvalue weighted by molar-refractivity contribution is 0.101. The lowest BCUT2D eigenvalue weighted by Gasteiger charge is -2.30. The molecule has 1 aliphatic rings. The van der Waals surface area contributed by atoms with Crippen LogP contribution in [0.3, 0.4) is 0 Å². The number of ether oxygens (including phenoxy) is 2. The van der Waals surface area contributed by atoms with Crippen LogP contribution < -0.4 is 9.47 Å². The molecule has 0 unspecified atom stereocenters. The van der Waals surface area contributed by atoms with Crippen molar-refractivity contribution >= 4 is 5.78 Å². The van der Waals surface area contributed by atoms with Gasteiger partial charge in [0.25, 0.3) is 0 Å². The fourth-order valence-electron chi connectivity index (χ4n) is 2.58. The molecule has 21 heavy (non-hydrogen) atoms. The molecule has 4 heteroatoms. The predicted molar refractivity (Wildman–Crippen MR) is 83.3 cm³/mol. The minimum Gasteiger partial charge on any atom is -0.493 e. The van der Waals surface area contributed by atoms with Crippen LogP contribution in [-0.2, 0) is 0 Å². The minimum atomic E-state index is 0.0299. The van der Waals surface area contributed by atoms with E-state index in [4.69, 9.17) is 9.47 Å². The van der Waals surface area contributed by atoms with Crippen molar-refractivity contribution < 1.29 is 14.3 Å². The van der Waals surface area contributed by atoms with Gasteiger partial charge in [0.1, 0.15) is 6.61 Å². The van der Waals surface area contributed by atoms with Gasteiger partial charge in [-0.25, -0.2) is 0 Å². The zero-order chi connectivity index (χ0) is 15.2. The molecule has 0 atom stereocenters. The van der Waals surface area contributed by atoms with Crippen LogP contribution in [0.1, 0.15) is 37.0 Å². The summed E-state index contributed by atoms with van der Waals surface area (Å²) in [6, 6.07) is 5.33. The number of hydrogen-bond donors (Lipinski definition) is 0. The Balaban J connectivity index is 1.86. The second kappa shape index (κ2) is 7.46. The molecule has 1 heterocycles. The Kier molecular flexibility index (Phi) is 5.62. The van der Waals surface area contributed by atoms with Gasteiger partial charge in [-0.1, -0.05) is 6.92 Å². The molecular formula is C17H25NO3. The van der Waals surface area contributed by atoms with E-state index in [9.17, 15) is 4.79 Å². The molecule has 0 bridgehead atoms. The number of nitrogens with zero attached hydrogens (tertiary/aromatic N) is 1. The largest absolute Gasteiger partial charge is 0.493 e. The number of methoxy groups -OCH3 is 1. The maximum absolute atomic E-state index is 11.4. The van der Waals surface area contributed by atoms with Crippen LogP contribution in [0.5, 0.6) is 11.5 Å². The van der Waals surface area contributed by atoms with Gasteiger partial charge < -0.3 is 9.47 Å². The van der Waals surface area contributed by atoms with Crippen LogP contribution in [0.4, 0.5) is 0 Å². The summed E-state index contributed by atoms with van der Waals surface area (Å²) in [7, 11) is 1.60. The number of hydrogen-bond acceptors (Lipinski definition) is 4. The Morgan fingerprint density at radius 2 is 2.00 bits per heavy atom. The molecule has 4 nitrogen and oxygen atoms in total. The molecule has 0 N–H and O–H groups in total. The third-order valence-electron chi connectivity index (χ3n) is 4.11. The van der Waals surface area contributed by atoms with E-state index < -0.39 is 0 Å². The van der Waals surface area contributed by atoms with Gasteiger partial charge in [-0.2, -0.15) is 0 Å². The van der Waals surface area contributed by atoms with E-state index in [0.29, 0.717) is 23.7 Å². The van der Waals surface area contributed by atoms with E-state index in [1.54, 1.807) is 26.2 Å². The van der Waals surface area contributed by atoms with E-state index in [2.05, 4.69) is 11.8 Å². The maximum Gasteiger partial charge on any atom is 0.161 e. The highest BCUT2D eigenvalue weighted by molar-refractivity contribution is 5.94. The molecule has 0 aromatic heterocycles. The molecule has 0 radical (unpaired) electrons. The fraction of sp³-hybridized carbons (Fsp3) is 0.588. The SMILES string of the molecule is COc1cc(C(C)=O)ccc1OCCN1CCC(C)CC1. The number of carbonyl (C=O) groups is 1. The van der Waals surface area contributed by atoms with Gasteiger partial charge in [-0.3, -0.25) is 9.69 Å². The van der Waals surface area contributed by atoms with Crippen LogP contribution >= 0.6 is 0 Å². The molecule has 1 saturated heterocycles. The molecule has 116 valence electrons. The fourth-order valence-corrected chi connectivity index (χ4v) is 2.58. The topological polar surface area (TPSA) is 38.8 Å². The molecule has 0 aliphatic carbocycles. The first-order valence-electron chi connectivity index (χ1n) is 7.64. The molecule has 2 rings (SSSR count). The summed E-state index contributed by atoms with van der Waals surface area (Å²) in [6.07, 6.45) is 2.55. The number of Topliss-reactive ketones (excluding diaryl/α,β-unsaturated/α-hetero) is 1. The summed E-state index contributed by atoms with van der Waals surface area (Å²) < 4.78 is 11.1. The van der Waals surface area contributed by atoms with Crippen molar-refractivity contribution in [1.82, 2.24) is 4.90 Å². The Morgan fingerprint density at radius 1 is 1.29 bits per heavy atom. The van der Waals surface area contributed by atoms with E-state index in [1.807, 2.05) is 6.07 Å². The maximum atomic E-state index is 11.4. The second-order valence-corrected chi connectivity index (χ2v) is 5.79. The third-order valence-corrected chi connectivity index (χ3v) is 4.11. The van der Waals surface area contributed by atoms with Gasteiger partial charge in [0, 0.05) is 12.1 Å². The summed E-state index contributed by atoms with van der Waals surface area (Å²) >= 11 is 0. The molecule has 1 fully saturated rings. The standard InChI is InChI=1S/C17H25NO3/c1-13-6-8-18(9-7-13)10-11-21-16-5-4-15(14(2)19)12-17(16)20-3/h4-5,12-13H,6-11H2,1-3H3. The summed E-state index contributed by atoms with van der Waals surface area (Å²) in [5.74, 6) is 2.20. The van der Waals surface area contributed by atoms with Crippen LogP contribution in [0.25, 0.3) is 0 Å². The molecule has 0 spiro atoms. The number of benzene rings is 1. The highest BCUT2D eigenvalue weighted by Crippen LogP contribution is 2.28. The van der Waals surface area contributed by atoms with Crippen molar-refractivity contribution in [3.05, 3.63) is 23.8 Å². The lowest BCUT2D eigenvalue weighted by Crippen LogP contribution is -2.35. The van der Waals surface area contributed by atoms with Crippen LogP contribution in [0.15, 0.2) is 18.2 Å². The van der Waals surface area contributed by atoms with E-state index >= 15 is 0 Å². The molecule has 1 aromatic carbocycles.